The molecule has 3 aromatic rings. The van der Waals surface area contributed by atoms with Gasteiger partial charge in [0, 0.05) is 29.7 Å². The third-order valence-corrected chi connectivity index (χ3v) is 5.25. The van der Waals surface area contributed by atoms with Crippen LogP contribution in [0.15, 0.2) is 54.6 Å². The summed E-state index contributed by atoms with van der Waals surface area (Å²) in [6.07, 6.45) is 0.155. The zero-order chi connectivity index (χ0) is 21.3. The van der Waals surface area contributed by atoms with Crippen LogP contribution in [0.3, 0.4) is 0 Å². The average molecular weight is 425 g/mol. The first-order valence-corrected chi connectivity index (χ1v) is 9.90. The molecule has 2 aromatic carbocycles. The molecule has 1 N–H and O–H groups in total. The molecule has 8 heteroatoms. The monoisotopic (exact) mass is 424 g/mol. The van der Waals surface area contributed by atoms with Crippen molar-refractivity contribution in [2.75, 3.05) is 23.9 Å². The number of amides is 2. The highest BCUT2D eigenvalue weighted by molar-refractivity contribution is 6.30. The van der Waals surface area contributed by atoms with Crippen LogP contribution < -0.4 is 15.0 Å². The van der Waals surface area contributed by atoms with Crippen LogP contribution in [0.5, 0.6) is 5.75 Å². The Labute approximate surface area is 179 Å². The van der Waals surface area contributed by atoms with Crippen LogP contribution in [0.1, 0.15) is 12.1 Å². The van der Waals surface area contributed by atoms with Crippen molar-refractivity contribution in [1.82, 2.24) is 9.78 Å². The SMILES string of the molecule is COc1ccc(N2CC(C(=O)Nc3cc(C)nn3-c3cccc(Cl)c3)CC2=O)cc1. The van der Waals surface area contributed by atoms with E-state index in [9.17, 15) is 9.59 Å². The van der Waals surface area contributed by atoms with Gasteiger partial charge in [-0.1, -0.05) is 17.7 Å². The number of nitrogens with one attached hydrogen (secondary N) is 1. The smallest absolute Gasteiger partial charge is 0.230 e. The second kappa shape index (κ2) is 8.20. The largest absolute Gasteiger partial charge is 0.497 e. The van der Waals surface area contributed by atoms with Crippen molar-refractivity contribution in [1.29, 1.82) is 0 Å². The van der Waals surface area contributed by atoms with Gasteiger partial charge in [0.2, 0.25) is 11.8 Å². The van der Waals surface area contributed by atoms with E-state index in [1.807, 2.05) is 31.2 Å². The summed E-state index contributed by atoms with van der Waals surface area (Å²) < 4.78 is 6.79. The average Bonchev–Trinajstić information content (AvgIpc) is 3.30. The number of halogens is 1. The molecule has 1 atom stereocenters. The molecule has 0 aliphatic carbocycles. The number of hydrogen-bond donors (Lipinski definition) is 1. The molecule has 0 spiro atoms. The summed E-state index contributed by atoms with van der Waals surface area (Å²) in [7, 11) is 1.59. The maximum atomic E-state index is 12.9. The van der Waals surface area contributed by atoms with Gasteiger partial charge in [0.05, 0.1) is 24.4 Å². The summed E-state index contributed by atoms with van der Waals surface area (Å²) in [6.45, 7) is 2.17. The van der Waals surface area contributed by atoms with Gasteiger partial charge in [-0.15, -0.1) is 0 Å². The number of aromatic nitrogens is 2. The van der Waals surface area contributed by atoms with E-state index in [-0.39, 0.29) is 18.2 Å². The van der Waals surface area contributed by atoms with E-state index in [2.05, 4.69) is 10.4 Å². The van der Waals surface area contributed by atoms with Gasteiger partial charge in [-0.05, 0) is 49.4 Å². The minimum Gasteiger partial charge on any atom is -0.497 e. The first-order chi connectivity index (χ1) is 14.4. The summed E-state index contributed by atoms with van der Waals surface area (Å²) in [4.78, 5) is 27.1. The molecule has 30 heavy (non-hydrogen) atoms. The van der Waals surface area contributed by atoms with Crippen molar-refractivity contribution in [3.8, 4) is 11.4 Å². The number of ether oxygens (including phenoxy) is 1. The standard InChI is InChI=1S/C22H21ClN4O3/c1-14-10-20(27(25-14)18-5-3-4-16(23)12-18)24-22(29)15-11-21(28)26(13-15)17-6-8-19(30-2)9-7-17/h3-10,12,15H,11,13H2,1-2H3,(H,24,29). The van der Waals surface area contributed by atoms with Gasteiger partial charge in [0.1, 0.15) is 11.6 Å². The fourth-order valence-electron chi connectivity index (χ4n) is 3.52. The molecule has 1 aliphatic rings. The first kappa shape index (κ1) is 20.0. The number of anilines is 2. The molecule has 154 valence electrons. The van der Waals surface area contributed by atoms with Crippen molar-refractivity contribution in [2.24, 2.45) is 5.92 Å². The Hall–Kier alpha value is -3.32. The maximum Gasteiger partial charge on any atom is 0.230 e. The quantitative estimate of drug-likeness (QED) is 0.675. The molecule has 1 aromatic heterocycles. The van der Waals surface area contributed by atoms with E-state index in [0.717, 1.165) is 17.1 Å². The Balaban J connectivity index is 1.50. The molecule has 0 radical (unpaired) electrons. The number of nitrogens with zero attached hydrogens (tertiary/aromatic N) is 3. The fourth-order valence-corrected chi connectivity index (χ4v) is 3.70. The Morgan fingerprint density at radius 1 is 1.17 bits per heavy atom. The van der Waals surface area contributed by atoms with Crippen molar-refractivity contribution in [2.45, 2.75) is 13.3 Å². The molecule has 1 aliphatic heterocycles. The van der Waals surface area contributed by atoms with Crippen molar-refractivity contribution < 1.29 is 14.3 Å². The van der Waals surface area contributed by atoms with E-state index in [4.69, 9.17) is 16.3 Å². The van der Waals surface area contributed by atoms with Crippen LogP contribution in [0.25, 0.3) is 5.69 Å². The highest BCUT2D eigenvalue weighted by atomic mass is 35.5. The third kappa shape index (κ3) is 4.02. The molecular formula is C22H21ClN4O3. The Bertz CT molecular complexity index is 1090. The molecule has 4 rings (SSSR count). The lowest BCUT2D eigenvalue weighted by Gasteiger charge is -2.17. The highest BCUT2D eigenvalue weighted by Crippen LogP contribution is 2.28. The summed E-state index contributed by atoms with van der Waals surface area (Å²) in [5, 5.41) is 7.95. The summed E-state index contributed by atoms with van der Waals surface area (Å²) in [6, 6.07) is 16.2. The van der Waals surface area contributed by atoms with Crippen LogP contribution in [0.2, 0.25) is 5.02 Å². The van der Waals surface area contributed by atoms with E-state index in [1.165, 1.54) is 0 Å². The number of hydrogen-bond acceptors (Lipinski definition) is 4. The number of carbonyl (C=O) groups is 2. The second-order valence-electron chi connectivity index (χ2n) is 7.16. The lowest BCUT2D eigenvalue weighted by Crippen LogP contribution is -2.28. The number of methoxy groups -OCH3 is 1. The van der Waals surface area contributed by atoms with Gasteiger partial charge >= 0.3 is 0 Å². The van der Waals surface area contributed by atoms with E-state index in [0.29, 0.717) is 23.1 Å². The summed E-state index contributed by atoms with van der Waals surface area (Å²) >= 11 is 6.09. The van der Waals surface area contributed by atoms with Gasteiger partial charge < -0.3 is 15.0 Å². The van der Waals surface area contributed by atoms with Crippen molar-refractivity contribution in [3.05, 3.63) is 65.3 Å². The molecule has 1 fully saturated rings. The van der Waals surface area contributed by atoms with Crippen LogP contribution in [-0.2, 0) is 9.59 Å². The normalized spacial score (nSPS) is 16.0. The Morgan fingerprint density at radius 2 is 1.93 bits per heavy atom. The highest BCUT2D eigenvalue weighted by Gasteiger charge is 2.35. The lowest BCUT2D eigenvalue weighted by molar-refractivity contribution is -0.122. The number of benzene rings is 2. The molecule has 7 nitrogen and oxygen atoms in total. The maximum absolute atomic E-state index is 12.9. The molecule has 0 saturated carbocycles. The molecule has 2 heterocycles. The lowest BCUT2D eigenvalue weighted by atomic mass is 10.1. The third-order valence-electron chi connectivity index (χ3n) is 5.02. The van der Waals surface area contributed by atoms with Crippen molar-refractivity contribution in [3.63, 3.8) is 0 Å². The molecule has 2 amide bonds. The number of carbonyl (C=O) groups excluding carboxylic acids is 2. The number of aryl methyl sites for hydroxylation is 1. The molecule has 0 bridgehead atoms. The van der Waals surface area contributed by atoms with Crippen LogP contribution >= 0.6 is 11.6 Å². The molecule has 1 unspecified atom stereocenters. The van der Waals surface area contributed by atoms with Crippen LogP contribution in [0, 0.1) is 12.8 Å². The molecular weight excluding hydrogens is 404 g/mol. The van der Waals surface area contributed by atoms with E-state index >= 15 is 0 Å². The van der Waals surface area contributed by atoms with Gasteiger partial charge in [-0.25, -0.2) is 4.68 Å². The Kier molecular flexibility index (Phi) is 5.46. The summed E-state index contributed by atoms with van der Waals surface area (Å²) in [5.41, 5.74) is 2.25. The summed E-state index contributed by atoms with van der Waals surface area (Å²) in [5.74, 6) is 0.490. The number of rotatable bonds is 5. The predicted octanol–water partition coefficient (Wildman–Crippen LogP) is 3.83. The van der Waals surface area contributed by atoms with Gasteiger partial charge in [0.25, 0.3) is 0 Å². The minimum absolute atomic E-state index is 0.0835. The van der Waals surface area contributed by atoms with Gasteiger partial charge in [0.15, 0.2) is 0 Å². The zero-order valence-corrected chi connectivity index (χ0v) is 17.4. The first-order valence-electron chi connectivity index (χ1n) is 9.52. The molecule has 1 saturated heterocycles. The van der Waals surface area contributed by atoms with Crippen molar-refractivity contribution >= 4 is 34.9 Å². The van der Waals surface area contributed by atoms with E-state index < -0.39 is 5.92 Å². The minimum atomic E-state index is -0.456. The second-order valence-corrected chi connectivity index (χ2v) is 7.59. The van der Waals surface area contributed by atoms with Gasteiger partial charge in [-0.3, -0.25) is 9.59 Å². The van der Waals surface area contributed by atoms with Crippen LogP contribution in [-0.4, -0.2) is 35.2 Å². The Morgan fingerprint density at radius 3 is 2.63 bits per heavy atom. The fraction of sp³-hybridized carbons (Fsp3) is 0.227. The van der Waals surface area contributed by atoms with Gasteiger partial charge in [-0.2, -0.15) is 5.10 Å². The van der Waals surface area contributed by atoms with E-state index in [1.54, 1.807) is 47.0 Å². The predicted molar refractivity (Wildman–Crippen MR) is 115 cm³/mol. The zero-order valence-electron chi connectivity index (χ0n) is 16.6. The van der Waals surface area contributed by atoms with Crippen LogP contribution in [0.4, 0.5) is 11.5 Å². The topological polar surface area (TPSA) is 76.5 Å².